The maximum absolute atomic E-state index is 5.60. The van der Waals surface area contributed by atoms with Crippen molar-refractivity contribution in [3.63, 3.8) is 0 Å². The zero-order valence-electron chi connectivity index (χ0n) is 11.8. The molecule has 18 heavy (non-hydrogen) atoms. The largest absolute Gasteiger partial charge is 0.353 e. The average Bonchev–Trinajstić information content (AvgIpc) is 3.00. The Morgan fingerprint density at radius 2 is 1.94 bits per heavy atom. The van der Waals surface area contributed by atoms with E-state index in [0.717, 1.165) is 11.9 Å². The molecule has 0 aromatic rings. The Kier molecular flexibility index (Phi) is 4.87. The third-order valence-corrected chi connectivity index (χ3v) is 4.84. The molecular formula is C14H28N4. The molecule has 0 aliphatic heterocycles. The minimum Gasteiger partial charge on any atom is -0.353 e. The van der Waals surface area contributed by atoms with Gasteiger partial charge in [-0.25, -0.2) is 10.8 Å². The molecule has 2 fully saturated rings. The normalized spacial score (nSPS) is 33.9. The molecule has 3 atom stereocenters. The van der Waals surface area contributed by atoms with Crippen molar-refractivity contribution >= 4 is 5.96 Å². The zero-order valence-corrected chi connectivity index (χ0v) is 11.8. The quantitative estimate of drug-likeness (QED) is 0.312. The van der Waals surface area contributed by atoms with E-state index in [4.69, 9.17) is 10.8 Å². The van der Waals surface area contributed by atoms with Gasteiger partial charge in [-0.2, -0.15) is 0 Å². The number of hydrogen-bond acceptors (Lipinski definition) is 2. The van der Waals surface area contributed by atoms with E-state index in [1.807, 2.05) is 0 Å². The van der Waals surface area contributed by atoms with E-state index in [1.54, 1.807) is 0 Å². The number of nitrogens with one attached hydrogen (secondary N) is 2. The van der Waals surface area contributed by atoms with Crippen LogP contribution in [0.1, 0.15) is 58.8 Å². The molecule has 0 bridgehead atoms. The summed E-state index contributed by atoms with van der Waals surface area (Å²) in [6.45, 7) is 4.62. The van der Waals surface area contributed by atoms with Crippen LogP contribution in [-0.2, 0) is 0 Å². The minimum absolute atomic E-state index is 0.440. The zero-order chi connectivity index (χ0) is 13.0. The molecule has 104 valence electrons. The molecular weight excluding hydrogens is 224 g/mol. The Morgan fingerprint density at radius 3 is 2.50 bits per heavy atom. The van der Waals surface area contributed by atoms with Crippen LogP contribution in [0.4, 0.5) is 0 Å². The van der Waals surface area contributed by atoms with Gasteiger partial charge in [0.15, 0.2) is 0 Å². The van der Waals surface area contributed by atoms with Crippen LogP contribution in [0.15, 0.2) is 4.99 Å². The van der Waals surface area contributed by atoms with Crippen molar-refractivity contribution in [1.29, 1.82) is 0 Å². The Morgan fingerprint density at radius 1 is 1.22 bits per heavy atom. The summed E-state index contributed by atoms with van der Waals surface area (Å²) < 4.78 is 0. The predicted molar refractivity (Wildman–Crippen MR) is 76.1 cm³/mol. The number of nitrogens with two attached hydrogens (primary N) is 1. The topological polar surface area (TPSA) is 62.4 Å². The van der Waals surface area contributed by atoms with Crippen molar-refractivity contribution in [3.05, 3.63) is 0 Å². The number of guanidine groups is 1. The maximum atomic E-state index is 5.60. The number of rotatable bonds is 3. The van der Waals surface area contributed by atoms with Gasteiger partial charge in [-0.3, -0.25) is 5.43 Å². The molecule has 4 heteroatoms. The molecule has 4 nitrogen and oxygen atoms in total. The maximum Gasteiger partial charge on any atom is 0.206 e. The highest BCUT2D eigenvalue weighted by atomic mass is 15.3. The molecule has 0 amide bonds. The SMILES string of the molecule is CCC1CCC(N=C(NN)NC2CCCC2)C1C. The van der Waals surface area contributed by atoms with Gasteiger partial charge >= 0.3 is 0 Å². The van der Waals surface area contributed by atoms with Crippen LogP contribution >= 0.6 is 0 Å². The van der Waals surface area contributed by atoms with E-state index in [2.05, 4.69) is 24.6 Å². The molecule has 0 spiro atoms. The lowest BCUT2D eigenvalue weighted by molar-refractivity contribution is 0.382. The highest BCUT2D eigenvalue weighted by Gasteiger charge is 2.31. The molecule has 0 heterocycles. The standard InChI is InChI=1S/C14H28N4/c1-3-11-8-9-13(10(11)2)17-14(18-15)16-12-6-4-5-7-12/h10-13H,3-9,15H2,1-2H3,(H2,16,17,18). The molecule has 2 rings (SSSR count). The van der Waals surface area contributed by atoms with Crippen LogP contribution in [0.25, 0.3) is 0 Å². The summed E-state index contributed by atoms with van der Waals surface area (Å²) in [5.41, 5.74) is 2.75. The van der Waals surface area contributed by atoms with Gasteiger partial charge in [0.2, 0.25) is 5.96 Å². The van der Waals surface area contributed by atoms with Gasteiger partial charge in [0, 0.05) is 6.04 Å². The Labute approximate surface area is 111 Å². The van der Waals surface area contributed by atoms with Crippen LogP contribution in [0.3, 0.4) is 0 Å². The number of nitrogens with zero attached hydrogens (tertiary/aromatic N) is 1. The fourth-order valence-electron chi connectivity index (χ4n) is 3.53. The lowest BCUT2D eigenvalue weighted by Gasteiger charge is -2.20. The van der Waals surface area contributed by atoms with E-state index in [1.165, 1.54) is 44.9 Å². The van der Waals surface area contributed by atoms with Gasteiger partial charge in [-0.15, -0.1) is 0 Å². The summed E-state index contributed by atoms with van der Waals surface area (Å²) in [4.78, 5) is 4.81. The van der Waals surface area contributed by atoms with E-state index in [9.17, 15) is 0 Å². The predicted octanol–water partition coefficient (Wildman–Crippen LogP) is 2.16. The number of hydrogen-bond donors (Lipinski definition) is 3. The lowest BCUT2D eigenvalue weighted by Crippen LogP contribution is -2.46. The smallest absolute Gasteiger partial charge is 0.206 e. The summed E-state index contributed by atoms with van der Waals surface area (Å²) in [7, 11) is 0. The average molecular weight is 252 g/mol. The molecule has 0 aromatic carbocycles. The van der Waals surface area contributed by atoms with Crippen molar-refractivity contribution < 1.29 is 0 Å². The second kappa shape index (κ2) is 6.41. The molecule has 2 aliphatic rings. The van der Waals surface area contributed by atoms with Gasteiger partial charge in [-0.05, 0) is 37.5 Å². The summed E-state index contributed by atoms with van der Waals surface area (Å²) >= 11 is 0. The van der Waals surface area contributed by atoms with Gasteiger partial charge in [-0.1, -0.05) is 33.1 Å². The van der Waals surface area contributed by atoms with E-state index < -0.39 is 0 Å². The molecule has 4 N–H and O–H groups in total. The Hall–Kier alpha value is -0.770. The molecule has 0 saturated heterocycles. The first-order valence-electron chi connectivity index (χ1n) is 7.55. The first kappa shape index (κ1) is 13.7. The summed E-state index contributed by atoms with van der Waals surface area (Å²) in [5.74, 6) is 7.92. The van der Waals surface area contributed by atoms with Crippen molar-refractivity contribution in [2.75, 3.05) is 0 Å². The van der Waals surface area contributed by atoms with Crippen molar-refractivity contribution in [3.8, 4) is 0 Å². The Balaban J connectivity index is 1.92. The lowest BCUT2D eigenvalue weighted by atomic mass is 9.94. The van der Waals surface area contributed by atoms with Crippen LogP contribution in [0, 0.1) is 11.8 Å². The third kappa shape index (κ3) is 3.16. The fourth-order valence-corrected chi connectivity index (χ4v) is 3.53. The van der Waals surface area contributed by atoms with Gasteiger partial charge in [0.1, 0.15) is 0 Å². The van der Waals surface area contributed by atoms with Gasteiger partial charge in [0.25, 0.3) is 0 Å². The van der Waals surface area contributed by atoms with Crippen LogP contribution in [0.5, 0.6) is 0 Å². The highest BCUT2D eigenvalue weighted by molar-refractivity contribution is 5.79. The van der Waals surface area contributed by atoms with Gasteiger partial charge < -0.3 is 5.32 Å². The monoisotopic (exact) mass is 252 g/mol. The number of aliphatic imine (C=N–C) groups is 1. The van der Waals surface area contributed by atoms with Gasteiger partial charge in [0.05, 0.1) is 6.04 Å². The second-order valence-corrected chi connectivity index (χ2v) is 5.92. The first-order chi connectivity index (χ1) is 8.74. The van der Waals surface area contributed by atoms with Crippen molar-refractivity contribution in [2.45, 2.75) is 70.9 Å². The highest BCUT2D eigenvalue weighted by Crippen LogP contribution is 2.35. The summed E-state index contributed by atoms with van der Waals surface area (Å²) in [6, 6.07) is 1.01. The van der Waals surface area contributed by atoms with Crippen molar-refractivity contribution in [1.82, 2.24) is 10.7 Å². The fraction of sp³-hybridized carbons (Fsp3) is 0.929. The first-order valence-corrected chi connectivity index (χ1v) is 7.55. The number of hydrazine groups is 1. The third-order valence-electron chi connectivity index (χ3n) is 4.84. The van der Waals surface area contributed by atoms with E-state index >= 15 is 0 Å². The van der Waals surface area contributed by atoms with E-state index in [0.29, 0.717) is 18.0 Å². The van der Waals surface area contributed by atoms with Crippen molar-refractivity contribution in [2.24, 2.45) is 22.7 Å². The molecule has 2 aliphatic carbocycles. The molecule has 3 unspecified atom stereocenters. The Bertz CT molecular complexity index is 284. The molecule has 0 radical (unpaired) electrons. The minimum atomic E-state index is 0.440. The summed E-state index contributed by atoms with van der Waals surface area (Å²) in [5, 5.41) is 3.46. The van der Waals surface area contributed by atoms with E-state index in [-0.39, 0.29) is 0 Å². The molecule has 2 saturated carbocycles. The molecule has 0 aromatic heterocycles. The van der Waals surface area contributed by atoms with Crippen LogP contribution in [0.2, 0.25) is 0 Å². The van der Waals surface area contributed by atoms with Crippen LogP contribution in [-0.4, -0.2) is 18.0 Å². The van der Waals surface area contributed by atoms with Crippen LogP contribution < -0.4 is 16.6 Å². The summed E-state index contributed by atoms with van der Waals surface area (Å²) in [6.07, 6.45) is 8.94. The second-order valence-electron chi connectivity index (χ2n) is 5.92.